The van der Waals surface area contributed by atoms with Gasteiger partial charge >= 0.3 is 12.0 Å². The van der Waals surface area contributed by atoms with Crippen LogP contribution in [0.4, 0.5) is 4.79 Å². The first-order valence-electron chi connectivity index (χ1n) is 6.67. The van der Waals surface area contributed by atoms with Crippen LogP contribution in [-0.4, -0.2) is 54.2 Å². The lowest BCUT2D eigenvalue weighted by Crippen LogP contribution is -2.54. The number of aliphatic carboxylic acids is 1. The summed E-state index contributed by atoms with van der Waals surface area (Å²) in [5.41, 5.74) is 0. The molecular weight excluding hydrogens is 234 g/mol. The summed E-state index contributed by atoms with van der Waals surface area (Å²) >= 11 is 0. The summed E-state index contributed by atoms with van der Waals surface area (Å²) in [7, 11) is 0. The highest BCUT2D eigenvalue weighted by Gasteiger charge is 2.32. The van der Waals surface area contributed by atoms with Gasteiger partial charge in [0.05, 0.1) is 5.92 Å². The zero-order valence-corrected chi connectivity index (χ0v) is 10.5. The van der Waals surface area contributed by atoms with E-state index in [1.807, 2.05) is 0 Å². The second-order valence-corrected chi connectivity index (χ2v) is 5.02. The summed E-state index contributed by atoms with van der Waals surface area (Å²) in [6, 6.07) is -0.326. The molecule has 0 radical (unpaired) electrons. The van der Waals surface area contributed by atoms with E-state index in [0.717, 1.165) is 32.4 Å². The molecule has 1 aliphatic heterocycles. The minimum Gasteiger partial charge on any atom is -0.481 e. The second-order valence-electron chi connectivity index (χ2n) is 5.02. The zero-order valence-electron chi connectivity index (χ0n) is 10.5. The molecule has 6 heteroatoms. The Morgan fingerprint density at radius 3 is 2.50 bits per heavy atom. The maximum atomic E-state index is 12.0. The highest BCUT2D eigenvalue weighted by Crippen LogP contribution is 2.24. The first-order chi connectivity index (χ1) is 8.68. The van der Waals surface area contributed by atoms with Crippen LogP contribution in [0.3, 0.4) is 0 Å². The topological polar surface area (TPSA) is 81.7 Å². The van der Waals surface area contributed by atoms with Gasteiger partial charge in [0.15, 0.2) is 0 Å². The van der Waals surface area contributed by atoms with Crippen LogP contribution in [0, 0.1) is 5.92 Å². The van der Waals surface area contributed by atoms with Gasteiger partial charge in [-0.2, -0.15) is 0 Å². The molecule has 6 nitrogen and oxygen atoms in total. The predicted octanol–water partition coefficient (Wildman–Crippen LogP) is 0.245. The first-order valence-corrected chi connectivity index (χ1v) is 6.67. The lowest BCUT2D eigenvalue weighted by atomic mass is 9.84. The van der Waals surface area contributed by atoms with Gasteiger partial charge in [0, 0.05) is 32.2 Å². The van der Waals surface area contributed by atoms with Gasteiger partial charge in [-0.25, -0.2) is 4.79 Å². The highest BCUT2D eigenvalue weighted by molar-refractivity contribution is 5.77. The number of nitrogens with zero attached hydrogens (tertiary/aromatic N) is 1. The van der Waals surface area contributed by atoms with E-state index in [1.54, 1.807) is 4.90 Å². The van der Waals surface area contributed by atoms with Gasteiger partial charge in [0.2, 0.25) is 0 Å². The molecule has 2 atom stereocenters. The molecule has 1 saturated carbocycles. The quantitative estimate of drug-likeness (QED) is 0.660. The van der Waals surface area contributed by atoms with Crippen molar-refractivity contribution in [1.82, 2.24) is 15.5 Å². The van der Waals surface area contributed by atoms with Crippen molar-refractivity contribution in [2.24, 2.45) is 5.92 Å². The fourth-order valence-corrected chi connectivity index (χ4v) is 2.72. The zero-order chi connectivity index (χ0) is 13.0. The molecule has 0 spiro atoms. The largest absolute Gasteiger partial charge is 0.481 e. The number of amides is 2. The number of carbonyl (C=O) groups excluding carboxylic acids is 1. The van der Waals surface area contributed by atoms with Crippen LogP contribution < -0.4 is 10.6 Å². The van der Waals surface area contributed by atoms with E-state index in [0.29, 0.717) is 19.5 Å². The summed E-state index contributed by atoms with van der Waals surface area (Å²) in [4.78, 5) is 24.9. The molecule has 18 heavy (non-hydrogen) atoms. The monoisotopic (exact) mass is 255 g/mol. The number of hydrogen-bond acceptors (Lipinski definition) is 3. The van der Waals surface area contributed by atoms with Crippen molar-refractivity contribution in [3.8, 4) is 0 Å². The minimum absolute atomic E-state index is 0.116. The summed E-state index contributed by atoms with van der Waals surface area (Å²) in [5.74, 6) is -1.22. The number of carbonyl (C=O) groups is 2. The van der Waals surface area contributed by atoms with E-state index in [2.05, 4.69) is 10.6 Å². The molecule has 1 saturated heterocycles. The van der Waals surface area contributed by atoms with E-state index < -0.39 is 11.9 Å². The van der Waals surface area contributed by atoms with E-state index in [-0.39, 0.29) is 12.1 Å². The summed E-state index contributed by atoms with van der Waals surface area (Å²) in [6.45, 7) is 2.99. The fourth-order valence-electron chi connectivity index (χ4n) is 2.72. The van der Waals surface area contributed by atoms with Gasteiger partial charge in [-0.05, 0) is 12.8 Å². The Morgan fingerprint density at radius 2 is 1.83 bits per heavy atom. The Morgan fingerprint density at radius 1 is 1.17 bits per heavy atom. The van der Waals surface area contributed by atoms with Crippen LogP contribution in [0.1, 0.15) is 25.7 Å². The first kappa shape index (κ1) is 13.1. The molecule has 3 N–H and O–H groups in total. The van der Waals surface area contributed by atoms with Crippen LogP contribution in [0.25, 0.3) is 0 Å². The van der Waals surface area contributed by atoms with Crippen molar-refractivity contribution in [3.63, 3.8) is 0 Å². The molecule has 2 rings (SSSR count). The molecule has 1 heterocycles. The van der Waals surface area contributed by atoms with E-state index in [1.165, 1.54) is 0 Å². The van der Waals surface area contributed by atoms with Crippen molar-refractivity contribution >= 4 is 12.0 Å². The van der Waals surface area contributed by atoms with Crippen LogP contribution in [0.2, 0.25) is 0 Å². The van der Waals surface area contributed by atoms with Gasteiger partial charge in [0.25, 0.3) is 0 Å². The maximum absolute atomic E-state index is 12.0. The Hall–Kier alpha value is -1.30. The molecule has 102 valence electrons. The van der Waals surface area contributed by atoms with Crippen molar-refractivity contribution in [3.05, 3.63) is 0 Å². The van der Waals surface area contributed by atoms with Gasteiger partial charge in [0.1, 0.15) is 0 Å². The molecule has 0 aromatic rings. The van der Waals surface area contributed by atoms with Crippen molar-refractivity contribution in [1.29, 1.82) is 0 Å². The molecule has 1 aliphatic carbocycles. The third-order valence-electron chi connectivity index (χ3n) is 3.80. The second kappa shape index (κ2) is 6.04. The van der Waals surface area contributed by atoms with Crippen molar-refractivity contribution in [2.75, 3.05) is 26.2 Å². The molecule has 0 aromatic carbocycles. The number of urea groups is 1. The Kier molecular flexibility index (Phi) is 4.41. The Balaban J connectivity index is 1.89. The fraction of sp³-hybridized carbons (Fsp3) is 0.833. The standard InChI is InChI=1S/C12H21N3O3/c16-11(17)9-3-1-2-4-10(9)14-12(18)15-7-5-13-6-8-15/h9-10,13H,1-8H2,(H,14,18)(H,16,17). The maximum Gasteiger partial charge on any atom is 0.317 e. The number of carboxylic acids is 1. The van der Waals surface area contributed by atoms with Crippen LogP contribution in [0.15, 0.2) is 0 Å². The third kappa shape index (κ3) is 3.13. The third-order valence-corrected chi connectivity index (χ3v) is 3.80. The van der Waals surface area contributed by atoms with E-state index in [9.17, 15) is 9.59 Å². The van der Waals surface area contributed by atoms with E-state index in [4.69, 9.17) is 5.11 Å². The normalized spacial score (nSPS) is 28.8. The average molecular weight is 255 g/mol. The van der Waals surface area contributed by atoms with Gasteiger partial charge in [-0.3, -0.25) is 4.79 Å². The van der Waals surface area contributed by atoms with Crippen molar-refractivity contribution < 1.29 is 14.7 Å². The molecule has 2 unspecified atom stereocenters. The number of hydrogen-bond donors (Lipinski definition) is 3. The van der Waals surface area contributed by atoms with E-state index >= 15 is 0 Å². The smallest absolute Gasteiger partial charge is 0.317 e. The number of rotatable bonds is 2. The predicted molar refractivity (Wildman–Crippen MR) is 66.4 cm³/mol. The number of piperazine rings is 1. The summed E-state index contributed by atoms with van der Waals surface area (Å²) in [6.07, 6.45) is 3.38. The highest BCUT2D eigenvalue weighted by atomic mass is 16.4. The van der Waals surface area contributed by atoms with Gasteiger partial charge in [-0.15, -0.1) is 0 Å². The van der Waals surface area contributed by atoms with Crippen LogP contribution >= 0.6 is 0 Å². The molecule has 2 fully saturated rings. The molecule has 0 aromatic heterocycles. The Labute approximate surface area is 107 Å². The molecule has 0 bridgehead atoms. The number of carboxylic acid groups (broad SMARTS) is 1. The molecule has 2 aliphatic rings. The van der Waals surface area contributed by atoms with Crippen LogP contribution in [-0.2, 0) is 4.79 Å². The average Bonchev–Trinajstić information content (AvgIpc) is 2.40. The van der Waals surface area contributed by atoms with Crippen LogP contribution in [0.5, 0.6) is 0 Å². The summed E-state index contributed by atoms with van der Waals surface area (Å²) < 4.78 is 0. The van der Waals surface area contributed by atoms with Gasteiger partial charge < -0.3 is 20.6 Å². The lowest BCUT2D eigenvalue weighted by molar-refractivity contribution is -0.143. The number of nitrogens with one attached hydrogen (secondary N) is 2. The molecular formula is C12H21N3O3. The SMILES string of the molecule is O=C(O)C1CCCCC1NC(=O)N1CCNCC1. The van der Waals surface area contributed by atoms with Gasteiger partial charge in [-0.1, -0.05) is 12.8 Å². The summed E-state index contributed by atoms with van der Waals surface area (Å²) in [5, 5.41) is 15.2. The Bertz CT molecular complexity index is 316. The molecule has 2 amide bonds. The lowest BCUT2D eigenvalue weighted by Gasteiger charge is -2.33. The minimum atomic E-state index is -0.791. The van der Waals surface area contributed by atoms with Crippen molar-refractivity contribution in [2.45, 2.75) is 31.7 Å².